The van der Waals surface area contributed by atoms with Crippen LogP contribution in [0, 0.1) is 10.1 Å². The molecule has 1 N–H and O–H groups in total. The number of benzene rings is 1. The summed E-state index contributed by atoms with van der Waals surface area (Å²) in [6.07, 6.45) is 3.50. The second kappa shape index (κ2) is 6.47. The van der Waals surface area contributed by atoms with Crippen molar-refractivity contribution in [1.82, 2.24) is 4.90 Å². The van der Waals surface area contributed by atoms with E-state index in [0.29, 0.717) is 5.69 Å². The van der Waals surface area contributed by atoms with E-state index in [1.54, 1.807) is 12.1 Å². The van der Waals surface area contributed by atoms with E-state index in [9.17, 15) is 14.9 Å². The molecule has 108 valence electrons. The Morgan fingerprint density at radius 2 is 1.85 bits per heavy atom. The second-order valence-corrected chi connectivity index (χ2v) is 5.07. The van der Waals surface area contributed by atoms with E-state index in [1.165, 1.54) is 18.6 Å². The van der Waals surface area contributed by atoms with Crippen LogP contribution >= 0.6 is 0 Å². The predicted molar refractivity (Wildman–Crippen MR) is 76.6 cm³/mol. The van der Waals surface area contributed by atoms with E-state index in [0.717, 1.165) is 25.9 Å². The SMILES string of the molecule is C[C@@H](C(=O)Nc1ccc([N+](=O)[O-])cc1)N1CCCCC1. The van der Waals surface area contributed by atoms with Crippen LogP contribution in [0.25, 0.3) is 0 Å². The molecule has 1 aliphatic rings. The minimum absolute atomic E-state index is 0.0204. The van der Waals surface area contributed by atoms with Crippen molar-refractivity contribution in [3.8, 4) is 0 Å². The molecule has 0 spiro atoms. The standard InChI is InChI=1S/C14H19N3O3/c1-11(16-9-3-2-4-10-16)14(18)15-12-5-7-13(8-6-12)17(19)20/h5-8,11H,2-4,9-10H2,1H3,(H,15,18)/t11-/m0/s1. The van der Waals surface area contributed by atoms with Crippen LogP contribution in [0.3, 0.4) is 0 Å². The van der Waals surface area contributed by atoms with Crippen molar-refractivity contribution in [2.75, 3.05) is 18.4 Å². The van der Waals surface area contributed by atoms with Crippen LogP contribution in [0.4, 0.5) is 11.4 Å². The zero-order valence-corrected chi connectivity index (χ0v) is 11.5. The van der Waals surface area contributed by atoms with Gasteiger partial charge in [-0.25, -0.2) is 0 Å². The van der Waals surface area contributed by atoms with Crippen molar-refractivity contribution < 1.29 is 9.72 Å². The number of anilines is 1. The Labute approximate surface area is 117 Å². The number of amides is 1. The van der Waals surface area contributed by atoms with E-state index in [1.807, 2.05) is 6.92 Å². The van der Waals surface area contributed by atoms with Gasteiger partial charge in [-0.05, 0) is 45.0 Å². The van der Waals surface area contributed by atoms with Gasteiger partial charge in [0.25, 0.3) is 5.69 Å². The molecule has 0 bridgehead atoms. The normalized spacial score (nSPS) is 17.4. The van der Waals surface area contributed by atoms with E-state index < -0.39 is 4.92 Å². The maximum Gasteiger partial charge on any atom is 0.269 e. The molecule has 1 amide bonds. The summed E-state index contributed by atoms with van der Waals surface area (Å²) in [7, 11) is 0. The van der Waals surface area contributed by atoms with Crippen LogP contribution in [0.5, 0.6) is 0 Å². The number of hydrogen-bond acceptors (Lipinski definition) is 4. The number of rotatable bonds is 4. The fourth-order valence-electron chi connectivity index (χ4n) is 2.38. The van der Waals surface area contributed by atoms with E-state index in [2.05, 4.69) is 10.2 Å². The third-order valence-corrected chi connectivity index (χ3v) is 3.66. The third kappa shape index (κ3) is 3.54. The van der Waals surface area contributed by atoms with Crippen LogP contribution < -0.4 is 5.32 Å². The van der Waals surface area contributed by atoms with Crippen molar-refractivity contribution >= 4 is 17.3 Å². The second-order valence-electron chi connectivity index (χ2n) is 5.07. The molecule has 6 nitrogen and oxygen atoms in total. The summed E-state index contributed by atoms with van der Waals surface area (Å²) in [5.74, 6) is -0.0687. The molecule has 1 atom stereocenters. The fraction of sp³-hybridized carbons (Fsp3) is 0.500. The van der Waals surface area contributed by atoms with Gasteiger partial charge in [-0.2, -0.15) is 0 Å². The summed E-state index contributed by atoms with van der Waals surface area (Å²) >= 11 is 0. The molecule has 20 heavy (non-hydrogen) atoms. The molecule has 0 saturated carbocycles. The average molecular weight is 277 g/mol. The average Bonchev–Trinajstić information content (AvgIpc) is 2.48. The number of likely N-dealkylation sites (tertiary alicyclic amines) is 1. The number of non-ortho nitro benzene ring substituents is 1. The lowest BCUT2D eigenvalue weighted by Crippen LogP contribution is -2.44. The first kappa shape index (κ1) is 14.5. The zero-order chi connectivity index (χ0) is 14.5. The molecular formula is C14H19N3O3. The summed E-state index contributed by atoms with van der Waals surface area (Å²) in [4.78, 5) is 24.4. The third-order valence-electron chi connectivity index (χ3n) is 3.66. The number of nitrogens with one attached hydrogen (secondary N) is 1. The van der Waals surface area contributed by atoms with E-state index >= 15 is 0 Å². The van der Waals surface area contributed by atoms with Crippen molar-refractivity contribution in [2.45, 2.75) is 32.2 Å². The maximum absolute atomic E-state index is 12.1. The lowest BCUT2D eigenvalue weighted by molar-refractivity contribution is -0.384. The van der Waals surface area contributed by atoms with Gasteiger partial charge in [0.2, 0.25) is 5.91 Å². The van der Waals surface area contributed by atoms with Crippen LogP contribution in [-0.4, -0.2) is 34.9 Å². The molecule has 1 aromatic carbocycles. The number of nitro benzene ring substituents is 1. The maximum atomic E-state index is 12.1. The molecule has 1 aliphatic heterocycles. The first-order chi connectivity index (χ1) is 9.58. The Bertz CT molecular complexity index is 481. The smallest absolute Gasteiger partial charge is 0.269 e. The Balaban J connectivity index is 1.94. The number of carbonyl (C=O) groups excluding carboxylic acids is 1. The van der Waals surface area contributed by atoms with Gasteiger partial charge >= 0.3 is 0 Å². The zero-order valence-electron chi connectivity index (χ0n) is 11.5. The van der Waals surface area contributed by atoms with Gasteiger partial charge in [-0.3, -0.25) is 19.8 Å². The van der Waals surface area contributed by atoms with Gasteiger partial charge in [0, 0.05) is 17.8 Å². The van der Waals surface area contributed by atoms with Crippen LogP contribution in [0.15, 0.2) is 24.3 Å². The molecule has 0 aromatic heterocycles. The van der Waals surface area contributed by atoms with E-state index in [-0.39, 0.29) is 17.6 Å². The molecule has 0 radical (unpaired) electrons. The van der Waals surface area contributed by atoms with Gasteiger partial charge in [0.05, 0.1) is 11.0 Å². The summed E-state index contributed by atoms with van der Waals surface area (Å²) in [5.41, 5.74) is 0.608. The van der Waals surface area contributed by atoms with Crippen LogP contribution in [0.2, 0.25) is 0 Å². The van der Waals surface area contributed by atoms with Gasteiger partial charge in [-0.1, -0.05) is 6.42 Å². The summed E-state index contributed by atoms with van der Waals surface area (Å²) in [5, 5.41) is 13.4. The minimum Gasteiger partial charge on any atom is -0.325 e. The highest BCUT2D eigenvalue weighted by Gasteiger charge is 2.22. The van der Waals surface area contributed by atoms with Crippen molar-refractivity contribution in [1.29, 1.82) is 0 Å². The Kier molecular flexibility index (Phi) is 4.68. The monoisotopic (exact) mass is 277 g/mol. The predicted octanol–water partition coefficient (Wildman–Crippen LogP) is 2.41. The van der Waals surface area contributed by atoms with E-state index in [4.69, 9.17) is 0 Å². The molecule has 1 aromatic rings. The van der Waals surface area contributed by atoms with Crippen molar-refractivity contribution in [3.63, 3.8) is 0 Å². The quantitative estimate of drug-likeness (QED) is 0.677. The first-order valence-electron chi connectivity index (χ1n) is 6.87. The lowest BCUT2D eigenvalue weighted by Gasteiger charge is -2.31. The Hall–Kier alpha value is -1.95. The largest absolute Gasteiger partial charge is 0.325 e. The number of carbonyl (C=O) groups is 1. The highest BCUT2D eigenvalue weighted by molar-refractivity contribution is 5.94. The molecule has 2 rings (SSSR count). The molecule has 0 unspecified atom stereocenters. The van der Waals surface area contributed by atoms with Crippen molar-refractivity contribution in [2.24, 2.45) is 0 Å². The molecule has 6 heteroatoms. The Morgan fingerprint density at radius 1 is 1.25 bits per heavy atom. The van der Waals surface area contributed by atoms with Gasteiger partial charge in [0.15, 0.2) is 0 Å². The number of nitrogens with zero attached hydrogens (tertiary/aromatic N) is 2. The van der Waals surface area contributed by atoms with Gasteiger partial charge < -0.3 is 5.32 Å². The molecule has 0 aliphatic carbocycles. The number of piperidine rings is 1. The van der Waals surface area contributed by atoms with Gasteiger partial charge in [0.1, 0.15) is 0 Å². The highest BCUT2D eigenvalue weighted by Crippen LogP contribution is 2.17. The lowest BCUT2D eigenvalue weighted by atomic mass is 10.1. The summed E-state index contributed by atoms with van der Waals surface area (Å²) in [6, 6.07) is 5.71. The molecule has 1 heterocycles. The highest BCUT2D eigenvalue weighted by atomic mass is 16.6. The summed E-state index contributed by atoms with van der Waals surface area (Å²) < 4.78 is 0. The van der Waals surface area contributed by atoms with Gasteiger partial charge in [-0.15, -0.1) is 0 Å². The molecule has 1 saturated heterocycles. The van der Waals surface area contributed by atoms with Crippen LogP contribution in [0.1, 0.15) is 26.2 Å². The first-order valence-corrected chi connectivity index (χ1v) is 6.87. The molecule has 1 fully saturated rings. The number of hydrogen-bond donors (Lipinski definition) is 1. The van der Waals surface area contributed by atoms with Crippen LogP contribution in [-0.2, 0) is 4.79 Å². The topological polar surface area (TPSA) is 75.5 Å². The van der Waals surface area contributed by atoms with Crippen molar-refractivity contribution in [3.05, 3.63) is 34.4 Å². The fourth-order valence-corrected chi connectivity index (χ4v) is 2.38. The number of nitro groups is 1. The molecular weight excluding hydrogens is 258 g/mol. The summed E-state index contributed by atoms with van der Waals surface area (Å²) in [6.45, 7) is 3.80. The Morgan fingerprint density at radius 3 is 2.40 bits per heavy atom. The minimum atomic E-state index is -0.456.